The molecular weight excluding hydrogens is 258 g/mol. The summed E-state index contributed by atoms with van der Waals surface area (Å²) in [7, 11) is -1.11. The zero-order valence-corrected chi connectivity index (χ0v) is 13.0. The Morgan fingerprint density at radius 1 is 1.33 bits per heavy atom. The zero-order valence-electron chi connectivity index (χ0n) is 11.2. The van der Waals surface area contributed by atoms with E-state index in [4.69, 9.17) is 17.0 Å². The summed E-state index contributed by atoms with van der Waals surface area (Å²) in [5, 5.41) is 0.706. The maximum atomic E-state index is 5.66. The first-order chi connectivity index (χ1) is 8.58. The molecule has 98 valence electrons. The number of rotatable bonds is 4. The number of hydrogen-bond acceptors (Lipinski definition) is 3. The number of benzene rings is 1. The van der Waals surface area contributed by atoms with Crippen LogP contribution >= 0.6 is 12.2 Å². The summed E-state index contributed by atoms with van der Waals surface area (Å²) in [6.07, 6.45) is 2.21. The van der Waals surface area contributed by atoms with Crippen molar-refractivity contribution in [3.8, 4) is 5.75 Å². The third kappa shape index (κ3) is 3.64. The second-order valence-corrected chi connectivity index (χ2v) is 10.7. The topological polar surface area (TPSA) is 12.5 Å². The van der Waals surface area contributed by atoms with E-state index in [1.54, 1.807) is 0 Å². The second-order valence-electron chi connectivity index (χ2n) is 5.44. The summed E-state index contributed by atoms with van der Waals surface area (Å²) in [6, 6.07) is 11.2. The van der Waals surface area contributed by atoms with Crippen LogP contribution in [0, 0.1) is 0 Å². The molecule has 1 saturated heterocycles. The van der Waals surface area contributed by atoms with Gasteiger partial charge in [-0.25, -0.2) is 0 Å². The number of thiocarbonyl (C=S) groups is 1. The molecule has 0 saturated carbocycles. The molecule has 2 rings (SSSR count). The molecule has 0 unspecified atom stereocenters. The Labute approximate surface area is 116 Å². The quantitative estimate of drug-likeness (QED) is 0.616. The van der Waals surface area contributed by atoms with Crippen LogP contribution in [0.2, 0.25) is 19.1 Å². The van der Waals surface area contributed by atoms with E-state index in [9.17, 15) is 0 Å². The third-order valence-electron chi connectivity index (χ3n) is 3.63. The van der Waals surface area contributed by atoms with E-state index in [0.29, 0.717) is 5.05 Å². The molecule has 1 aromatic carbocycles. The van der Waals surface area contributed by atoms with Crippen LogP contribution in [-0.4, -0.2) is 30.9 Å². The summed E-state index contributed by atoms with van der Waals surface area (Å²) in [6.45, 7) is 7.19. The molecule has 1 aliphatic heterocycles. The molecule has 0 aliphatic carbocycles. The summed E-state index contributed by atoms with van der Waals surface area (Å²) >= 11 is 5.31. The summed E-state index contributed by atoms with van der Waals surface area (Å²) in [5.41, 5.74) is 0. The predicted octanol–water partition coefficient (Wildman–Crippen LogP) is 3.69. The van der Waals surface area contributed by atoms with E-state index in [0.717, 1.165) is 18.7 Å². The standard InChI is InChI=1S/C14H21NOSSi/c1-18(2)12-6-10-15(18)11-9-14(17)16-13-7-4-3-5-8-13/h3-5,7-8H,6,9-12H2,1-2H3. The lowest BCUT2D eigenvalue weighted by molar-refractivity contribution is 0.453. The van der Waals surface area contributed by atoms with Crippen molar-refractivity contribution in [2.45, 2.75) is 32.0 Å². The highest BCUT2D eigenvalue weighted by Gasteiger charge is 2.33. The van der Waals surface area contributed by atoms with Crippen molar-refractivity contribution in [1.82, 2.24) is 4.57 Å². The predicted molar refractivity (Wildman–Crippen MR) is 82.8 cm³/mol. The molecular formula is C14H21NOSSi. The molecule has 0 N–H and O–H groups in total. The summed E-state index contributed by atoms with van der Waals surface area (Å²) < 4.78 is 8.31. The fraction of sp³-hybridized carbons (Fsp3) is 0.500. The molecule has 1 aliphatic rings. The lowest BCUT2D eigenvalue weighted by Crippen LogP contribution is -2.44. The van der Waals surface area contributed by atoms with Gasteiger partial charge in [-0.1, -0.05) is 31.3 Å². The van der Waals surface area contributed by atoms with Crippen LogP contribution in [0.5, 0.6) is 5.75 Å². The lowest BCUT2D eigenvalue weighted by Gasteiger charge is -2.29. The molecule has 0 amide bonds. The monoisotopic (exact) mass is 279 g/mol. The van der Waals surface area contributed by atoms with Crippen LogP contribution in [0.25, 0.3) is 0 Å². The van der Waals surface area contributed by atoms with Gasteiger partial charge in [0.1, 0.15) is 14.0 Å². The van der Waals surface area contributed by atoms with Crippen molar-refractivity contribution in [1.29, 1.82) is 0 Å². The van der Waals surface area contributed by atoms with Crippen LogP contribution in [0.3, 0.4) is 0 Å². The molecule has 1 fully saturated rings. The number of hydrogen-bond donors (Lipinski definition) is 0. The minimum atomic E-state index is -1.11. The molecule has 1 heterocycles. The molecule has 0 aromatic heterocycles. The van der Waals surface area contributed by atoms with E-state index >= 15 is 0 Å². The van der Waals surface area contributed by atoms with Crippen LogP contribution in [-0.2, 0) is 0 Å². The van der Waals surface area contributed by atoms with Gasteiger partial charge in [0.2, 0.25) is 0 Å². The van der Waals surface area contributed by atoms with Crippen molar-refractivity contribution in [3.63, 3.8) is 0 Å². The van der Waals surface area contributed by atoms with Gasteiger partial charge in [0.05, 0.1) is 0 Å². The van der Waals surface area contributed by atoms with Crippen molar-refractivity contribution in [3.05, 3.63) is 30.3 Å². The molecule has 0 atom stereocenters. The average Bonchev–Trinajstić information content (AvgIpc) is 2.67. The lowest BCUT2D eigenvalue weighted by atomic mass is 10.3. The molecule has 4 heteroatoms. The van der Waals surface area contributed by atoms with Gasteiger partial charge < -0.3 is 9.30 Å². The Hall–Kier alpha value is -0.713. The van der Waals surface area contributed by atoms with Crippen LogP contribution in [0.15, 0.2) is 30.3 Å². The summed E-state index contributed by atoms with van der Waals surface area (Å²) in [5.74, 6) is 0.848. The highest BCUT2D eigenvalue weighted by Crippen LogP contribution is 2.25. The Bertz CT molecular complexity index is 408. The Morgan fingerprint density at radius 3 is 2.67 bits per heavy atom. The fourth-order valence-corrected chi connectivity index (χ4v) is 5.48. The average molecular weight is 279 g/mol. The maximum Gasteiger partial charge on any atom is 0.168 e. The molecule has 1 aromatic rings. The Kier molecular flexibility index (Phi) is 4.53. The van der Waals surface area contributed by atoms with Gasteiger partial charge in [0.25, 0.3) is 0 Å². The number of para-hydroxylation sites is 1. The second kappa shape index (κ2) is 5.95. The van der Waals surface area contributed by atoms with Gasteiger partial charge in [-0.15, -0.1) is 0 Å². The molecule has 0 spiro atoms. The Balaban J connectivity index is 1.79. The van der Waals surface area contributed by atoms with Crippen LogP contribution in [0.1, 0.15) is 12.8 Å². The van der Waals surface area contributed by atoms with Crippen LogP contribution < -0.4 is 4.74 Å². The van der Waals surface area contributed by atoms with Gasteiger partial charge in [-0.05, 0) is 49.9 Å². The summed E-state index contributed by atoms with van der Waals surface area (Å²) in [4.78, 5) is 0. The minimum absolute atomic E-state index is 0.706. The first-order valence-corrected chi connectivity index (χ1v) is 10.1. The van der Waals surface area contributed by atoms with Crippen molar-refractivity contribution >= 4 is 25.5 Å². The normalized spacial score (nSPS) is 18.8. The van der Waals surface area contributed by atoms with Crippen molar-refractivity contribution in [2.24, 2.45) is 0 Å². The molecule has 18 heavy (non-hydrogen) atoms. The highest BCUT2D eigenvalue weighted by molar-refractivity contribution is 7.80. The fourth-order valence-electron chi connectivity index (χ4n) is 2.48. The van der Waals surface area contributed by atoms with Crippen LogP contribution in [0.4, 0.5) is 0 Å². The number of ether oxygens (including phenoxy) is 1. The SMILES string of the molecule is C[Si]1(C)CCCN1CCC(=S)Oc1ccccc1. The van der Waals surface area contributed by atoms with Crippen molar-refractivity contribution < 1.29 is 4.74 Å². The molecule has 2 nitrogen and oxygen atoms in total. The van der Waals surface area contributed by atoms with E-state index in [1.165, 1.54) is 19.0 Å². The van der Waals surface area contributed by atoms with Gasteiger partial charge in [0.15, 0.2) is 5.05 Å². The minimum Gasteiger partial charge on any atom is -0.450 e. The van der Waals surface area contributed by atoms with E-state index in [1.807, 2.05) is 30.3 Å². The first kappa shape index (κ1) is 13.7. The maximum absolute atomic E-state index is 5.66. The highest BCUT2D eigenvalue weighted by atomic mass is 32.1. The van der Waals surface area contributed by atoms with E-state index < -0.39 is 8.24 Å². The van der Waals surface area contributed by atoms with Gasteiger partial charge in [-0.2, -0.15) is 0 Å². The number of nitrogens with zero attached hydrogens (tertiary/aromatic N) is 1. The molecule has 0 radical (unpaired) electrons. The largest absolute Gasteiger partial charge is 0.450 e. The zero-order chi connectivity index (χ0) is 13.0. The van der Waals surface area contributed by atoms with Gasteiger partial charge >= 0.3 is 0 Å². The first-order valence-electron chi connectivity index (χ1n) is 6.59. The third-order valence-corrected chi connectivity index (χ3v) is 7.66. The van der Waals surface area contributed by atoms with E-state index in [-0.39, 0.29) is 0 Å². The molecule has 0 bridgehead atoms. The van der Waals surface area contributed by atoms with Crippen molar-refractivity contribution in [2.75, 3.05) is 13.1 Å². The van der Waals surface area contributed by atoms with E-state index in [2.05, 4.69) is 17.7 Å². The van der Waals surface area contributed by atoms with Gasteiger partial charge in [-0.3, -0.25) is 0 Å². The Morgan fingerprint density at radius 2 is 2.06 bits per heavy atom. The smallest absolute Gasteiger partial charge is 0.168 e. The van der Waals surface area contributed by atoms with Gasteiger partial charge in [0, 0.05) is 6.42 Å².